The topological polar surface area (TPSA) is 69.5 Å². The number of nitrogens with zero attached hydrogens (tertiary/aromatic N) is 4. The van der Waals surface area contributed by atoms with E-state index in [1.807, 2.05) is 48.0 Å². The van der Waals surface area contributed by atoms with Gasteiger partial charge in [-0.25, -0.2) is 4.68 Å². The maximum atomic E-state index is 11.7. The molecule has 0 spiro atoms. The molecule has 0 unspecified atom stereocenters. The Labute approximate surface area is 164 Å². The molecular weight excluding hydrogens is 356 g/mol. The van der Waals surface area contributed by atoms with E-state index < -0.39 is 0 Å². The van der Waals surface area contributed by atoms with E-state index in [1.165, 1.54) is 5.56 Å². The fourth-order valence-electron chi connectivity index (χ4n) is 3.08. The lowest BCUT2D eigenvalue weighted by atomic mass is 10.2. The number of carbonyl (C=O) groups is 1. The van der Waals surface area contributed by atoms with E-state index in [4.69, 9.17) is 9.47 Å². The van der Waals surface area contributed by atoms with Gasteiger partial charge in [-0.1, -0.05) is 29.5 Å². The molecule has 0 radical (unpaired) electrons. The molecule has 7 heteroatoms. The SMILES string of the molecule is CCOC(=O)CCCN(Cc1ccc(OC)cc1)Cn1nnc2ccccc21. The van der Waals surface area contributed by atoms with Gasteiger partial charge in [0.15, 0.2) is 0 Å². The van der Waals surface area contributed by atoms with Crippen molar-refractivity contribution in [3.05, 3.63) is 54.1 Å². The molecule has 28 heavy (non-hydrogen) atoms. The molecule has 7 nitrogen and oxygen atoms in total. The van der Waals surface area contributed by atoms with Crippen molar-refractivity contribution < 1.29 is 14.3 Å². The lowest BCUT2D eigenvalue weighted by molar-refractivity contribution is -0.143. The fourth-order valence-corrected chi connectivity index (χ4v) is 3.08. The van der Waals surface area contributed by atoms with Gasteiger partial charge in [0, 0.05) is 19.5 Å². The Kier molecular flexibility index (Phi) is 6.97. The predicted octanol–water partition coefficient (Wildman–Crippen LogP) is 3.24. The van der Waals surface area contributed by atoms with Gasteiger partial charge >= 0.3 is 5.97 Å². The average Bonchev–Trinajstić information content (AvgIpc) is 3.12. The van der Waals surface area contributed by atoms with Crippen LogP contribution in [-0.2, 0) is 22.7 Å². The minimum Gasteiger partial charge on any atom is -0.497 e. The number of para-hydroxylation sites is 1. The van der Waals surface area contributed by atoms with Gasteiger partial charge in [-0.05, 0) is 43.2 Å². The van der Waals surface area contributed by atoms with Crippen LogP contribution in [0.5, 0.6) is 5.75 Å². The molecule has 148 valence electrons. The summed E-state index contributed by atoms with van der Waals surface area (Å²) in [5.74, 6) is 0.679. The summed E-state index contributed by atoms with van der Waals surface area (Å²) >= 11 is 0. The van der Waals surface area contributed by atoms with Crippen LogP contribution in [-0.4, -0.2) is 46.1 Å². The first kappa shape index (κ1) is 19.8. The van der Waals surface area contributed by atoms with E-state index in [2.05, 4.69) is 27.3 Å². The Bertz CT molecular complexity index is 892. The van der Waals surface area contributed by atoms with Crippen LogP contribution in [0, 0.1) is 0 Å². The molecule has 0 aliphatic heterocycles. The van der Waals surface area contributed by atoms with Gasteiger partial charge in [-0.15, -0.1) is 5.10 Å². The standard InChI is InChI=1S/C21H26N4O3/c1-3-28-21(26)9-6-14-24(15-17-10-12-18(27-2)13-11-17)16-25-20-8-5-4-7-19(20)22-23-25/h4-5,7-8,10-13H,3,6,9,14-16H2,1-2H3. The van der Waals surface area contributed by atoms with E-state index in [0.29, 0.717) is 19.7 Å². The molecule has 0 aliphatic carbocycles. The molecule has 0 amide bonds. The van der Waals surface area contributed by atoms with Crippen LogP contribution in [0.1, 0.15) is 25.3 Å². The number of rotatable bonds is 10. The Morgan fingerprint density at radius 2 is 1.93 bits per heavy atom. The van der Waals surface area contributed by atoms with Crippen molar-refractivity contribution in [1.82, 2.24) is 19.9 Å². The van der Waals surface area contributed by atoms with Crippen molar-refractivity contribution in [3.63, 3.8) is 0 Å². The van der Waals surface area contributed by atoms with Crippen molar-refractivity contribution in [2.45, 2.75) is 33.0 Å². The smallest absolute Gasteiger partial charge is 0.305 e. The monoisotopic (exact) mass is 382 g/mol. The van der Waals surface area contributed by atoms with Gasteiger partial charge in [0.05, 0.1) is 25.9 Å². The molecule has 1 heterocycles. The van der Waals surface area contributed by atoms with E-state index >= 15 is 0 Å². The highest BCUT2D eigenvalue weighted by Crippen LogP contribution is 2.16. The molecule has 3 rings (SSSR count). The second-order valence-electron chi connectivity index (χ2n) is 6.53. The summed E-state index contributed by atoms with van der Waals surface area (Å²) in [6.45, 7) is 4.32. The Morgan fingerprint density at radius 1 is 1.14 bits per heavy atom. The van der Waals surface area contributed by atoms with Gasteiger partial charge in [0.1, 0.15) is 11.3 Å². The van der Waals surface area contributed by atoms with Gasteiger partial charge < -0.3 is 9.47 Å². The summed E-state index contributed by atoms with van der Waals surface area (Å²) in [6.07, 6.45) is 1.13. The summed E-state index contributed by atoms with van der Waals surface area (Å²) in [5, 5.41) is 8.52. The maximum Gasteiger partial charge on any atom is 0.305 e. The highest BCUT2D eigenvalue weighted by atomic mass is 16.5. The maximum absolute atomic E-state index is 11.7. The van der Waals surface area contributed by atoms with E-state index in [9.17, 15) is 4.79 Å². The van der Waals surface area contributed by atoms with Gasteiger partial charge in [0.25, 0.3) is 0 Å². The third-order valence-corrected chi connectivity index (χ3v) is 4.48. The van der Waals surface area contributed by atoms with Crippen LogP contribution in [0.25, 0.3) is 11.0 Å². The number of aromatic nitrogens is 3. The Morgan fingerprint density at radius 3 is 2.68 bits per heavy atom. The first-order valence-corrected chi connectivity index (χ1v) is 9.48. The second-order valence-corrected chi connectivity index (χ2v) is 6.53. The summed E-state index contributed by atoms with van der Waals surface area (Å²) in [7, 11) is 1.66. The minimum atomic E-state index is -0.155. The third-order valence-electron chi connectivity index (χ3n) is 4.48. The zero-order valence-corrected chi connectivity index (χ0v) is 16.4. The highest BCUT2D eigenvalue weighted by molar-refractivity contribution is 5.73. The quantitative estimate of drug-likeness (QED) is 0.502. The molecule has 0 saturated heterocycles. The lowest BCUT2D eigenvalue weighted by Crippen LogP contribution is -2.28. The van der Waals surface area contributed by atoms with Crippen molar-refractivity contribution in [2.75, 3.05) is 20.3 Å². The number of hydrogen-bond acceptors (Lipinski definition) is 6. The summed E-state index contributed by atoms with van der Waals surface area (Å²) in [4.78, 5) is 13.9. The molecule has 2 aromatic carbocycles. The van der Waals surface area contributed by atoms with Crippen LogP contribution >= 0.6 is 0 Å². The number of ether oxygens (including phenoxy) is 2. The Balaban J connectivity index is 1.70. The van der Waals surface area contributed by atoms with Crippen LogP contribution in [0.15, 0.2) is 48.5 Å². The minimum absolute atomic E-state index is 0.155. The zero-order valence-electron chi connectivity index (χ0n) is 16.4. The average molecular weight is 382 g/mol. The summed E-state index contributed by atoms with van der Waals surface area (Å²) < 4.78 is 12.2. The molecular formula is C21H26N4O3. The van der Waals surface area contributed by atoms with Crippen LogP contribution in [0.2, 0.25) is 0 Å². The third kappa shape index (κ3) is 5.29. The van der Waals surface area contributed by atoms with E-state index in [0.717, 1.165) is 36.3 Å². The van der Waals surface area contributed by atoms with Crippen molar-refractivity contribution in [3.8, 4) is 5.75 Å². The van der Waals surface area contributed by atoms with Crippen LogP contribution in [0.4, 0.5) is 0 Å². The van der Waals surface area contributed by atoms with Gasteiger partial charge in [-0.2, -0.15) is 0 Å². The van der Waals surface area contributed by atoms with Crippen molar-refractivity contribution >= 4 is 17.0 Å². The van der Waals surface area contributed by atoms with E-state index in [-0.39, 0.29) is 5.97 Å². The van der Waals surface area contributed by atoms with Gasteiger partial charge in [-0.3, -0.25) is 9.69 Å². The largest absolute Gasteiger partial charge is 0.497 e. The van der Waals surface area contributed by atoms with Crippen LogP contribution < -0.4 is 4.74 Å². The molecule has 0 aliphatic rings. The second kappa shape index (κ2) is 9.85. The molecule has 0 bridgehead atoms. The van der Waals surface area contributed by atoms with Crippen LogP contribution in [0.3, 0.4) is 0 Å². The van der Waals surface area contributed by atoms with Crippen molar-refractivity contribution in [1.29, 1.82) is 0 Å². The highest BCUT2D eigenvalue weighted by Gasteiger charge is 2.12. The molecule has 3 aromatic rings. The Hall–Kier alpha value is -2.93. The first-order chi connectivity index (χ1) is 13.7. The van der Waals surface area contributed by atoms with E-state index in [1.54, 1.807) is 7.11 Å². The number of esters is 1. The molecule has 0 N–H and O–H groups in total. The summed E-state index contributed by atoms with van der Waals surface area (Å²) in [5.41, 5.74) is 3.03. The van der Waals surface area contributed by atoms with Crippen molar-refractivity contribution in [2.24, 2.45) is 0 Å². The number of benzene rings is 2. The fraction of sp³-hybridized carbons (Fsp3) is 0.381. The molecule has 0 atom stereocenters. The first-order valence-electron chi connectivity index (χ1n) is 9.48. The summed E-state index contributed by atoms with van der Waals surface area (Å²) in [6, 6.07) is 15.9. The predicted molar refractivity (Wildman–Crippen MR) is 107 cm³/mol. The number of hydrogen-bond donors (Lipinski definition) is 0. The molecule has 1 aromatic heterocycles. The molecule has 0 saturated carbocycles. The lowest BCUT2D eigenvalue weighted by Gasteiger charge is -2.22. The normalized spacial score (nSPS) is 11.1. The number of carbonyl (C=O) groups excluding carboxylic acids is 1. The zero-order chi connectivity index (χ0) is 19.8. The van der Waals surface area contributed by atoms with Gasteiger partial charge in [0.2, 0.25) is 0 Å². The number of fused-ring (bicyclic) bond motifs is 1. The number of methoxy groups -OCH3 is 1. The molecule has 0 fully saturated rings.